The Kier molecular flexibility index (Phi) is 2.71. The lowest BCUT2D eigenvalue weighted by atomic mass is 9.79. The number of carboxylic acid groups (broad SMARTS) is 1. The zero-order valence-corrected chi connectivity index (χ0v) is 8.32. The van der Waals surface area contributed by atoms with E-state index in [0.717, 1.165) is 19.3 Å². The Morgan fingerprint density at radius 3 is 2.33 bits per heavy atom. The van der Waals surface area contributed by atoms with Gasteiger partial charge in [-0.3, -0.25) is 0 Å². The SMILES string of the molecule is O=C(O)c1ccc(C(F)C2CCC2)cc1. The van der Waals surface area contributed by atoms with E-state index in [0.29, 0.717) is 5.56 Å². The second-order valence-corrected chi connectivity index (χ2v) is 4.02. The molecule has 0 spiro atoms. The highest BCUT2D eigenvalue weighted by atomic mass is 19.1. The van der Waals surface area contributed by atoms with Crippen LogP contribution in [0.5, 0.6) is 0 Å². The molecule has 1 N–H and O–H groups in total. The van der Waals surface area contributed by atoms with E-state index in [-0.39, 0.29) is 11.5 Å². The van der Waals surface area contributed by atoms with Crippen molar-refractivity contribution in [3.05, 3.63) is 35.4 Å². The average Bonchev–Trinajstić information content (AvgIpc) is 2.15. The van der Waals surface area contributed by atoms with Gasteiger partial charge in [-0.2, -0.15) is 0 Å². The van der Waals surface area contributed by atoms with Crippen molar-refractivity contribution in [3.8, 4) is 0 Å². The maximum Gasteiger partial charge on any atom is 0.335 e. The van der Waals surface area contributed by atoms with Gasteiger partial charge in [0.1, 0.15) is 6.17 Å². The van der Waals surface area contributed by atoms with E-state index in [2.05, 4.69) is 0 Å². The van der Waals surface area contributed by atoms with E-state index in [1.165, 1.54) is 12.1 Å². The Bertz CT molecular complexity index is 354. The molecule has 0 bridgehead atoms. The Balaban J connectivity index is 2.11. The highest BCUT2D eigenvalue weighted by Crippen LogP contribution is 2.40. The Hall–Kier alpha value is -1.38. The molecule has 2 rings (SSSR count). The predicted octanol–water partition coefficient (Wildman–Crippen LogP) is 3.20. The summed E-state index contributed by atoms with van der Waals surface area (Å²) in [6.07, 6.45) is 2.07. The predicted molar refractivity (Wildman–Crippen MR) is 54.6 cm³/mol. The van der Waals surface area contributed by atoms with Crippen LogP contribution in [-0.4, -0.2) is 11.1 Å². The highest BCUT2D eigenvalue weighted by molar-refractivity contribution is 5.87. The van der Waals surface area contributed by atoms with Crippen LogP contribution in [-0.2, 0) is 0 Å². The van der Waals surface area contributed by atoms with Gasteiger partial charge in [0.05, 0.1) is 5.56 Å². The lowest BCUT2D eigenvalue weighted by Gasteiger charge is -2.28. The van der Waals surface area contributed by atoms with E-state index in [1.807, 2.05) is 0 Å². The van der Waals surface area contributed by atoms with Crippen molar-refractivity contribution in [2.45, 2.75) is 25.4 Å². The standard InChI is InChI=1S/C12H13FO2/c13-11(8-2-1-3-8)9-4-6-10(7-5-9)12(14)15/h4-8,11H,1-3H2,(H,14,15). The zero-order chi connectivity index (χ0) is 10.8. The third kappa shape index (κ3) is 2.01. The monoisotopic (exact) mass is 208 g/mol. The highest BCUT2D eigenvalue weighted by Gasteiger charge is 2.28. The number of aromatic carboxylic acids is 1. The minimum Gasteiger partial charge on any atom is -0.478 e. The quantitative estimate of drug-likeness (QED) is 0.828. The average molecular weight is 208 g/mol. The normalized spacial score (nSPS) is 18.2. The molecule has 80 valence electrons. The van der Waals surface area contributed by atoms with Crippen LogP contribution in [0.2, 0.25) is 0 Å². The van der Waals surface area contributed by atoms with Crippen molar-refractivity contribution < 1.29 is 14.3 Å². The van der Waals surface area contributed by atoms with Gasteiger partial charge in [0.15, 0.2) is 0 Å². The molecule has 2 nitrogen and oxygen atoms in total. The van der Waals surface area contributed by atoms with Gasteiger partial charge in [-0.05, 0) is 36.5 Å². The van der Waals surface area contributed by atoms with Crippen molar-refractivity contribution in [2.75, 3.05) is 0 Å². The minimum absolute atomic E-state index is 0.140. The van der Waals surface area contributed by atoms with Crippen molar-refractivity contribution >= 4 is 5.97 Å². The molecule has 1 unspecified atom stereocenters. The van der Waals surface area contributed by atoms with Gasteiger partial charge in [0.2, 0.25) is 0 Å². The second kappa shape index (κ2) is 4.01. The van der Waals surface area contributed by atoms with Gasteiger partial charge in [-0.15, -0.1) is 0 Å². The summed E-state index contributed by atoms with van der Waals surface area (Å²) >= 11 is 0. The Morgan fingerprint density at radius 1 is 1.33 bits per heavy atom. The van der Waals surface area contributed by atoms with Gasteiger partial charge in [-0.25, -0.2) is 9.18 Å². The number of alkyl halides is 1. The number of hydrogen-bond donors (Lipinski definition) is 1. The first kappa shape index (κ1) is 10.1. The summed E-state index contributed by atoms with van der Waals surface area (Å²) in [5.74, 6) is -0.832. The van der Waals surface area contributed by atoms with E-state index in [9.17, 15) is 9.18 Å². The first-order valence-electron chi connectivity index (χ1n) is 5.16. The number of benzene rings is 1. The minimum atomic E-state index is -0.972. The Labute approximate surface area is 87.7 Å². The summed E-state index contributed by atoms with van der Waals surface area (Å²) in [7, 11) is 0. The first-order valence-corrected chi connectivity index (χ1v) is 5.16. The molecule has 0 aromatic heterocycles. The summed E-state index contributed by atoms with van der Waals surface area (Å²) in [6.45, 7) is 0. The third-order valence-corrected chi connectivity index (χ3v) is 3.04. The molecule has 15 heavy (non-hydrogen) atoms. The first-order chi connectivity index (χ1) is 7.18. The van der Waals surface area contributed by atoms with Crippen molar-refractivity contribution in [1.82, 2.24) is 0 Å². The summed E-state index contributed by atoms with van der Waals surface area (Å²) in [4.78, 5) is 10.6. The molecule has 1 aliphatic carbocycles. The summed E-state index contributed by atoms with van der Waals surface area (Å²) < 4.78 is 13.8. The number of carbonyl (C=O) groups is 1. The molecule has 1 aromatic rings. The second-order valence-electron chi connectivity index (χ2n) is 4.02. The summed E-state index contributed by atoms with van der Waals surface area (Å²) in [5, 5.41) is 8.69. The summed E-state index contributed by atoms with van der Waals surface area (Å²) in [6, 6.07) is 6.07. The lowest BCUT2D eigenvalue weighted by Crippen LogP contribution is -2.17. The molecule has 1 aliphatic rings. The van der Waals surface area contributed by atoms with Gasteiger partial charge in [0.25, 0.3) is 0 Å². The molecule has 1 saturated carbocycles. The van der Waals surface area contributed by atoms with Crippen LogP contribution < -0.4 is 0 Å². The van der Waals surface area contributed by atoms with E-state index in [1.54, 1.807) is 12.1 Å². The molecule has 0 aliphatic heterocycles. The summed E-state index contributed by atoms with van der Waals surface area (Å²) in [5.41, 5.74) is 0.809. The number of carboxylic acids is 1. The van der Waals surface area contributed by atoms with Crippen LogP contribution in [0.25, 0.3) is 0 Å². The van der Waals surface area contributed by atoms with Crippen LogP contribution in [0.15, 0.2) is 24.3 Å². The van der Waals surface area contributed by atoms with Gasteiger partial charge < -0.3 is 5.11 Å². The molecule has 1 aromatic carbocycles. The molecule has 0 heterocycles. The van der Waals surface area contributed by atoms with E-state index in [4.69, 9.17) is 5.11 Å². The molecule has 1 fully saturated rings. The molecule has 1 atom stereocenters. The molecule has 0 saturated heterocycles. The zero-order valence-electron chi connectivity index (χ0n) is 8.32. The van der Waals surface area contributed by atoms with Crippen molar-refractivity contribution in [3.63, 3.8) is 0 Å². The number of rotatable bonds is 3. The number of halogens is 1. The molecular weight excluding hydrogens is 195 g/mol. The van der Waals surface area contributed by atoms with Crippen molar-refractivity contribution in [1.29, 1.82) is 0 Å². The topological polar surface area (TPSA) is 37.3 Å². The molecule has 0 amide bonds. The molecule has 0 radical (unpaired) electrons. The van der Waals surface area contributed by atoms with Gasteiger partial charge >= 0.3 is 5.97 Å². The van der Waals surface area contributed by atoms with E-state index < -0.39 is 12.1 Å². The lowest BCUT2D eigenvalue weighted by molar-refractivity contribution is 0.0696. The fourth-order valence-corrected chi connectivity index (χ4v) is 1.81. The van der Waals surface area contributed by atoms with Crippen LogP contribution in [0, 0.1) is 5.92 Å². The third-order valence-electron chi connectivity index (χ3n) is 3.04. The fourth-order valence-electron chi connectivity index (χ4n) is 1.81. The van der Waals surface area contributed by atoms with Crippen LogP contribution in [0.1, 0.15) is 41.4 Å². The fraction of sp³-hybridized carbons (Fsp3) is 0.417. The molecular formula is C12H13FO2. The molecule has 3 heteroatoms. The van der Waals surface area contributed by atoms with E-state index >= 15 is 0 Å². The Morgan fingerprint density at radius 2 is 1.93 bits per heavy atom. The maximum absolute atomic E-state index is 13.8. The maximum atomic E-state index is 13.8. The number of hydrogen-bond acceptors (Lipinski definition) is 1. The van der Waals surface area contributed by atoms with Crippen molar-refractivity contribution in [2.24, 2.45) is 5.92 Å². The van der Waals surface area contributed by atoms with Crippen LogP contribution in [0.3, 0.4) is 0 Å². The smallest absolute Gasteiger partial charge is 0.335 e. The van der Waals surface area contributed by atoms with Gasteiger partial charge in [0, 0.05) is 0 Å². The van der Waals surface area contributed by atoms with Crippen LogP contribution >= 0.6 is 0 Å². The van der Waals surface area contributed by atoms with Crippen LogP contribution in [0.4, 0.5) is 4.39 Å². The largest absolute Gasteiger partial charge is 0.478 e. The van der Waals surface area contributed by atoms with Gasteiger partial charge in [-0.1, -0.05) is 18.6 Å².